The molecule has 0 aliphatic heterocycles. The molecule has 1 N–H and O–H groups in total. The Balaban J connectivity index is 3.10. The number of hydrogen-bond acceptors (Lipinski definition) is 1. The lowest BCUT2D eigenvalue weighted by Crippen LogP contribution is -2.32. The quantitative estimate of drug-likeness (QED) is 0.678. The van der Waals surface area contributed by atoms with Crippen LogP contribution >= 0.6 is 0 Å². The Morgan fingerprint density at radius 3 is 2.43 bits per heavy atom. The zero-order chi connectivity index (χ0) is 10.9. The number of rotatable bonds is 1. The smallest absolute Gasteiger partial charge is 0.0837 e. The molecule has 1 atom stereocenters. The SMILES string of the molecule is CC(C)=C1C=C(C(C)C)C(C)(O)CC1. The normalized spacial score (nSPS) is 27.9. The summed E-state index contributed by atoms with van der Waals surface area (Å²) in [6.07, 6.45) is 4.06. The van der Waals surface area contributed by atoms with E-state index in [9.17, 15) is 5.11 Å². The molecule has 1 aliphatic rings. The summed E-state index contributed by atoms with van der Waals surface area (Å²) in [6, 6.07) is 0. The predicted molar refractivity (Wildman–Crippen MR) is 61.2 cm³/mol. The Kier molecular flexibility index (Phi) is 3.20. The van der Waals surface area contributed by atoms with Gasteiger partial charge in [-0.05, 0) is 50.7 Å². The molecular formula is C13H22O. The topological polar surface area (TPSA) is 20.2 Å². The Bertz CT molecular complexity index is 276. The maximum absolute atomic E-state index is 10.2. The highest BCUT2D eigenvalue weighted by Gasteiger charge is 2.31. The van der Waals surface area contributed by atoms with Crippen molar-refractivity contribution in [3.05, 3.63) is 22.8 Å². The van der Waals surface area contributed by atoms with Crippen LogP contribution in [0.25, 0.3) is 0 Å². The van der Waals surface area contributed by atoms with E-state index in [0.717, 1.165) is 12.8 Å². The molecule has 1 nitrogen and oxygen atoms in total. The lowest BCUT2D eigenvalue weighted by atomic mass is 9.77. The molecule has 80 valence electrons. The van der Waals surface area contributed by atoms with Crippen LogP contribution in [0.4, 0.5) is 0 Å². The first-order valence-electron chi connectivity index (χ1n) is 5.45. The van der Waals surface area contributed by atoms with E-state index in [1.165, 1.54) is 16.7 Å². The molecule has 1 unspecified atom stereocenters. The highest BCUT2D eigenvalue weighted by Crippen LogP contribution is 2.36. The summed E-state index contributed by atoms with van der Waals surface area (Å²) in [5, 5.41) is 10.2. The fourth-order valence-corrected chi connectivity index (χ4v) is 2.12. The van der Waals surface area contributed by atoms with E-state index < -0.39 is 5.60 Å². The first kappa shape index (κ1) is 11.5. The second-order valence-electron chi connectivity index (χ2n) is 5.05. The third-order valence-corrected chi connectivity index (χ3v) is 3.10. The summed E-state index contributed by atoms with van der Waals surface area (Å²) >= 11 is 0. The molecule has 0 aromatic rings. The molecule has 0 saturated carbocycles. The van der Waals surface area contributed by atoms with E-state index in [0.29, 0.717) is 5.92 Å². The van der Waals surface area contributed by atoms with Gasteiger partial charge in [-0.25, -0.2) is 0 Å². The van der Waals surface area contributed by atoms with Crippen LogP contribution in [0.5, 0.6) is 0 Å². The van der Waals surface area contributed by atoms with Gasteiger partial charge in [-0.2, -0.15) is 0 Å². The van der Waals surface area contributed by atoms with Crippen LogP contribution in [0.2, 0.25) is 0 Å². The standard InChI is InChI=1S/C13H22O/c1-9(2)11-6-7-13(5,14)12(8-11)10(3)4/h8,10,14H,6-7H2,1-5H3. The van der Waals surface area contributed by atoms with Crippen molar-refractivity contribution in [3.8, 4) is 0 Å². The van der Waals surface area contributed by atoms with Gasteiger partial charge >= 0.3 is 0 Å². The van der Waals surface area contributed by atoms with Crippen LogP contribution in [-0.4, -0.2) is 10.7 Å². The van der Waals surface area contributed by atoms with Gasteiger partial charge < -0.3 is 5.11 Å². The summed E-state index contributed by atoms with van der Waals surface area (Å²) in [7, 11) is 0. The lowest BCUT2D eigenvalue weighted by molar-refractivity contribution is 0.0766. The Labute approximate surface area is 87.5 Å². The largest absolute Gasteiger partial charge is 0.386 e. The Hall–Kier alpha value is -0.560. The molecule has 14 heavy (non-hydrogen) atoms. The van der Waals surface area contributed by atoms with Gasteiger partial charge in [-0.3, -0.25) is 0 Å². The molecule has 1 aliphatic carbocycles. The van der Waals surface area contributed by atoms with Crippen molar-refractivity contribution >= 4 is 0 Å². The average molecular weight is 194 g/mol. The van der Waals surface area contributed by atoms with Crippen molar-refractivity contribution in [2.24, 2.45) is 5.92 Å². The van der Waals surface area contributed by atoms with Gasteiger partial charge in [-0.15, -0.1) is 0 Å². The first-order chi connectivity index (χ1) is 6.34. The Morgan fingerprint density at radius 1 is 1.43 bits per heavy atom. The number of aliphatic hydroxyl groups is 1. The minimum Gasteiger partial charge on any atom is -0.386 e. The van der Waals surface area contributed by atoms with Crippen LogP contribution in [0.1, 0.15) is 47.5 Å². The third-order valence-electron chi connectivity index (χ3n) is 3.10. The third kappa shape index (κ3) is 2.27. The van der Waals surface area contributed by atoms with Crippen LogP contribution in [-0.2, 0) is 0 Å². The molecule has 0 radical (unpaired) electrons. The average Bonchev–Trinajstić information content (AvgIpc) is 2.02. The van der Waals surface area contributed by atoms with E-state index in [1.54, 1.807) is 0 Å². The molecule has 0 saturated heterocycles. The van der Waals surface area contributed by atoms with E-state index in [4.69, 9.17) is 0 Å². The molecule has 0 spiro atoms. The van der Waals surface area contributed by atoms with E-state index in [-0.39, 0.29) is 0 Å². The van der Waals surface area contributed by atoms with E-state index in [2.05, 4.69) is 33.8 Å². The van der Waals surface area contributed by atoms with E-state index >= 15 is 0 Å². The molecule has 0 bridgehead atoms. The van der Waals surface area contributed by atoms with Gasteiger partial charge in [0.05, 0.1) is 5.60 Å². The molecule has 0 aromatic carbocycles. The van der Waals surface area contributed by atoms with Crippen molar-refractivity contribution in [3.63, 3.8) is 0 Å². The van der Waals surface area contributed by atoms with Gasteiger partial charge in [-0.1, -0.05) is 25.5 Å². The van der Waals surface area contributed by atoms with Crippen molar-refractivity contribution in [2.45, 2.75) is 53.1 Å². The second-order valence-corrected chi connectivity index (χ2v) is 5.05. The minimum absolute atomic E-state index is 0.430. The fourth-order valence-electron chi connectivity index (χ4n) is 2.12. The van der Waals surface area contributed by atoms with Crippen molar-refractivity contribution < 1.29 is 5.11 Å². The molecule has 0 aromatic heterocycles. The zero-order valence-electron chi connectivity index (χ0n) is 10.0. The van der Waals surface area contributed by atoms with Crippen LogP contribution in [0.15, 0.2) is 22.8 Å². The summed E-state index contributed by atoms with van der Waals surface area (Å²) in [4.78, 5) is 0. The van der Waals surface area contributed by atoms with Gasteiger partial charge in [0.1, 0.15) is 0 Å². The predicted octanol–water partition coefficient (Wildman–Crippen LogP) is 3.45. The van der Waals surface area contributed by atoms with Gasteiger partial charge in [0.15, 0.2) is 0 Å². The molecule has 1 heteroatoms. The highest BCUT2D eigenvalue weighted by atomic mass is 16.3. The molecule has 0 amide bonds. The van der Waals surface area contributed by atoms with Crippen LogP contribution in [0.3, 0.4) is 0 Å². The van der Waals surface area contributed by atoms with Crippen molar-refractivity contribution in [1.82, 2.24) is 0 Å². The van der Waals surface area contributed by atoms with Crippen molar-refractivity contribution in [2.75, 3.05) is 0 Å². The highest BCUT2D eigenvalue weighted by molar-refractivity contribution is 5.36. The van der Waals surface area contributed by atoms with Crippen molar-refractivity contribution in [1.29, 1.82) is 0 Å². The van der Waals surface area contributed by atoms with Gasteiger partial charge in [0.2, 0.25) is 0 Å². The summed E-state index contributed by atoms with van der Waals surface area (Å²) in [6.45, 7) is 10.5. The fraction of sp³-hybridized carbons (Fsp3) is 0.692. The Morgan fingerprint density at radius 2 is 2.00 bits per heavy atom. The second kappa shape index (κ2) is 3.90. The van der Waals surface area contributed by atoms with Gasteiger partial charge in [0, 0.05) is 0 Å². The van der Waals surface area contributed by atoms with Crippen LogP contribution in [0, 0.1) is 5.92 Å². The van der Waals surface area contributed by atoms with Gasteiger partial charge in [0.25, 0.3) is 0 Å². The molecule has 1 rings (SSSR count). The zero-order valence-corrected chi connectivity index (χ0v) is 10.0. The molecule has 0 heterocycles. The lowest BCUT2D eigenvalue weighted by Gasteiger charge is -2.34. The summed E-state index contributed by atoms with van der Waals surface area (Å²) < 4.78 is 0. The summed E-state index contributed by atoms with van der Waals surface area (Å²) in [5.41, 5.74) is 3.37. The van der Waals surface area contributed by atoms with Crippen LogP contribution < -0.4 is 0 Å². The van der Waals surface area contributed by atoms with E-state index in [1.807, 2.05) is 6.92 Å². The number of allylic oxidation sites excluding steroid dienone is 3. The molecule has 0 fully saturated rings. The maximum Gasteiger partial charge on any atom is 0.0837 e. The number of hydrogen-bond donors (Lipinski definition) is 1. The maximum atomic E-state index is 10.2. The minimum atomic E-state index is -0.590. The first-order valence-corrected chi connectivity index (χ1v) is 5.45. The summed E-state index contributed by atoms with van der Waals surface area (Å²) in [5.74, 6) is 0.430. The molecular weight excluding hydrogens is 172 g/mol. The monoisotopic (exact) mass is 194 g/mol.